The Bertz CT molecular complexity index is 738. The smallest absolute Gasteiger partial charge is 0.191 e. The van der Waals surface area contributed by atoms with Crippen LogP contribution in [0.2, 0.25) is 0 Å². The second-order valence-corrected chi connectivity index (χ2v) is 8.30. The number of pyridine rings is 1. The number of hydrogen-bond donors (Lipinski definition) is 2. The third kappa shape index (κ3) is 7.73. The highest BCUT2D eigenvalue weighted by Gasteiger charge is 2.10. The third-order valence-electron chi connectivity index (χ3n) is 5.00. The number of rotatable bonds is 7. The highest BCUT2D eigenvalue weighted by atomic mass is 127. The number of guanidine groups is 1. The number of hydrogen-bond acceptors (Lipinski definition) is 5. The van der Waals surface area contributed by atoms with Gasteiger partial charge in [-0.25, -0.2) is 9.97 Å². The van der Waals surface area contributed by atoms with Crippen LogP contribution < -0.4 is 15.5 Å². The fourth-order valence-electron chi connectivity index (χ4n) is 3.33. The molecule has 1 fully saturated rings. The molecule has 3 rings (SSSR count). The van der Waals surface area contributed by atoms with E-state index in [0.29, 0.717) is 6.54 Å². The van der Waals surface area contributed by atoms with Gasteiger partial charge in [0.25, 0.3) is 0 Å². The summed E-state index contributed by atoms with van der Waals surface area (Å²) in [6.45, 7) is 5.95. The molecule has 8 heteroatoms. The van der Waals surface area contributed by atoms with E-state index in [1.54, 1.807) is 18.4 Å². The number of anilines is 1. The maximum Gasteiger partial charge on any atom is 0.191 e. The predicted octanol–water partition coefficient (Wildman–Crippen LogP) is 4.01. The number of aromatic nitrogens is 2. The van der Waals surface area contributed by atoms with Gasteiger partial charge in [0.1, 0.15) is 5.82 Å². The lowest BCUT2D eigenvalue weighted by molar-refractivity contribution is 0.726. The molecule has 1 aliphatic rings. The van der Waals surface area contributed by atoms with Crippen molar-refractivity contribution in [2.45, 2.75) is 52.0 Å². The van der Waals surface area contributed by atoms with Crippen LogP contribution in [0.3, 0.4) is 0 Å². The topological polar surface area (TPSA) is 65.4 Å². The molecule has 2 aromatic heterocycles. The molecule has 29 heavy (non-hydrogen) atoms. The van der Waals surface area contributed by atoms with Crippen LogP contribution in [0.15, 0.2) is 29.5 Å². The van der Waals surface area contributed by atoms with Crippen molar-refractivity contribution in [3.05, 3.63) is 40.0 Å². The van der Waals surface area contributed by atoms with Gasteiger partial charge in [-0.15, -0.1) is 35.3 Å². The fraction of sp³-hybridized carbons (Fsp3) is 0.571. The molecule has 2 aromatic rings. The Labute approximate surface area is 195 Å². The second kappa shape index (κ2) is 13.0. The lowest BCUT2D eigenvalue weighted by atomic mass is 10.2. The number of halogens is 1. The van der Waals surface area contributed by atoms with E-state index in [1.165, 1.54) is 35.6 Å². The first-order chi connectivity index (χ1) is 13.8. The fourth-order valence-corrected chi connectivity index (χ4v) is 4.19. The molecule has 160 valence electrons. The van der Waals surface area contributed by atoms with Crippen LogP contribution >= 0.6 is 35.3 Å². The average Bonchev–Trinajstić information content (AvgIpc) is 3.02. The molecule has 0 aliphatic carbocycles. The van der Waals surface area contributed by atoms with Crippen LogP contribution in [0.5, 0.6) is 0 Å². The number of nitrogens with one attached hydrogen (secondary N) is 2. The molecule has 0 bridgehead atoms. The molecular weight excluding hydrogens is 495 g/mol. The van der Waals surface area contributed by atoms with Crippen molar-refractivity contribution < 1.29 is 0 Å². The summed E-state index contributed by atoms with van der Waals surface area (Å²) >= 11 is 1.79. The zero-order valence-corrected chi connectivity index (χ0v) is 20.6. The van der Waals surface area contributed by atoms with Crippen molar-refractivity contribution in [1.29, 1.82) is 0 Å². The minimum atomic E-state index is 0. The molecule has 0 unspecified atom stereocenters. The zero-order chi connectivity index (χ0) is 19.6. The minimum absolute atomic E-state index is 0. The lowest BCUT2D eigenvalue weighted by Gasteiger charge is -2.21. The summed E-state index contributed by atoms with van der Waals surface area (Å²) in [5.41, 5.74) is 1.16. The molecule has 2 N–H and O–H groups in total. The first-order valence-electron chi connectivity index (χ1n) is 10.4. The largest absolute Gasteiger partial charge is 0.357 e. The summed E-state index contributed by atoms with van der Waals surface area (Å²) in [7, 11) is 1.80. The van der Waals surface area contributed by atoms with Gasteiger partial charge in [-0.3, -0.25) is 4.99 Å². The lowest BCUT2D eigenvalue weighted by Crippen LogP contribution is -2.37. The number of nitrogens with zero attached hydrogens (tertiary/aromatic N) is 4. The predicted molar refractivity (Wildman–Crippen MR) is 134 cm³/mol. The van der Waals surface area contributed by atoms with E-state index in [4.69, 9.17) is 0 Å². The van der Waals surface area contributed by atoms with Gasteiger partial charge in [-0.2, -0.15) is 0 Å². The SMILES string of the molecule is CCc1cnc(CCNC(=NC)NCc2ccc(N3CCCCCC3)nc2)s1.I. The molecule has 0 spiro atoms. The van der Waals surface area contributed by atoms with E-state index in [9.17, 15) is 0 Å². The van der Waals surface area contributed by atoms with Gasteiger partial charge in [-0.1, -0.05) is 25.8 Å². The minimum Gasteiger partial charge on any atom is -0.357 e. The summed E-state index contributed by atoms with van der Waals surface area (Å²) < 4.78 is 0. The number of aliphatic imine (C=N–C) groups is 1. The van der Waals surface area contributed by atoms with Crippen molar-refractivity contribution in [2.24, 2.45) is 4.99 Å². The standard InChI is InChI=1S/C21H32N6S.HI/c1-3-18-16-25-20(28-18)10-11-23-21(22-2)26-15-17-8-9-19(24-14-17)27-12-6-4-5-7-13-27;/h8-9,14,16H,3-7,10-13,15H2,1-2H3,(H2,22,23,26);1H. The number of thiazole rings is 1. The van der Waals surface area contributed by atoms with Crippen molar-refractivity contribution in [1.82, 2.24) is 20.6 Å². The number of aryl methyl sites for hydroxylation is 1. The summed E-state index contributed by atoms with van der Waals surface area (Å²) in [6, 6.07) is 4.31. The Hall–Kier alpha value is -1.42. The van der Waals surface area contributed by atoms with Crippen LogP contribution in [0, 0.1) is 0 Å². The first kappa shape index (κ1) is 23.9. The second-order valence-electron chi connectivity index (χ2n) is 7.10. The van der Waals surface area contributed by atoms with Crippen molar-refractivity contribution in [2.75, 3.05) is 31.6 Å². The normalized spacial score (nSPS) is 14.8. The highest BCUT2D eigenvalue weighted by Crippen LogP contribution is 2.17. The third-order valence-corrected chi connectivity index (χ3v) is 6.21. The Kier molecular flexibility index (Phi) is 10.7. The Morgan fingerprint density at radius 2 is 1.90 bits per heavy atom. The van der Waals surface area contributed by atoms with Crippen molar-refractivity contribution in [3.63, 3.8) is 0 Å². The van der Waals surface area contributed by atoms with Gasteiger partial charge < -0.3 is 15.5 Å². The van der Waals surface area contributed by atoms with E-state index in [0.717, 1.165) is 49.8 Å². The molecule has 0 aromatic carbocycles. The first-order valence-corrected chi connectivity index (χ1v) is 11.2. The maximum absolute atomic E-state index is 4.68. The molecule has 6 nitrogen and oxygen atoms in total. The molecular formula is C21H33IN6S. The Morgan fingerprint density at radius 1 is 1.10 bits per heavy atom. The van der Waals surface area contributed by atoms with Crippen LogP contribution in [0.25, 0.3) is 0 Å². The Balaban J connectivity index is 0.00000300. The molecule has 1 aliphatic heterocycles. The summed E-state index contributed by atoms with van der Waals surface area (Å²) in [5, 5.41) is 7.90. The van der Waals surface area contributed by atoms with E-state index in [1.807, 2.05) is 12.4 Å². The van der Waals surface area contributed by atoms with Gasteiger partial charge in [0.05, 0.1) is 5.01 Å². The molecule has 0 amide bonds. The zero-order valence-electron chi connectivity index (χ0n) is 17.5. The highest BCUT2D eigenvalue weighted by molar-refractivity contribution is 14.0. The van der Waals surface area contributed by atoms with Crippen molar-refractivity contribution in [3.8, 4) is 0 Å². The van der Waals surface area contributed by atoms with Gasteiger partial charge in [-0.05, 0) is 30.9 Å². The van der Waals surface area contributed by atoms with E-state index in [-0.39, 0.29) is 24.0 Å². The van der Waals surface area contributed by atoms with E-state index < -0.39 is 0 Å². The monoisotopic (exact) mass is 528 g/mol. The summed E-state index contributed by atoms with van der Waals surface area (Å²) in [6.07, 6.45) is 11.1. The van der Waals surface area contributed by atoms with Gasteiger partial charge in [0.15, 0.2) is 5.96 Å². The molecule has 3 heterocycles. The summed E-state index contributed by atoms with van der Waals surface area (Å²) in [4.78, 5) is 17.2. The maximum atomic E-state index is 4.68. The Morgan fingerprint density at radius 3 is 2.52 bits per heavy atom. The molecule has 0 saturated carbocycles. The van der Waals surface area contributed by atoms with Gasteiger partial charge in [0, 0.05) is 56.9 Å². The molecule has 1 saturated heterocycles. The van der Waals surface area contributed by atoms with Crippen molar-refractivity contribution >= 4 is 47.1 Å². The molecule has 0 atom stereocenters. The van der Waals surface area contributed by atoms with Crippen LogP contribution in [0.1, 0.15) is 48.1 Å². The summed E-state index contributed by atoms with van der Waals surface area (Å²) in [5.74, 6) is 1.91. The van der Waals surface area contributed by atoms with Crippen LogP contribution in [-0.2, 0) is 19.4 Å². The van der Waals surface area contributed by atoms with Gasteiger partial charge in [0.2, 0.25) is 0 Å². The van der Waals surface area contributed by atoms with Gasteiger partial charge >= 0.3 is 0 Å². The molecule has 0 radical (unpaired) electrons. The van der Waals surface area contributed by atoms with E-state index >= 15 is 0 Å². The quantitative estimate of drug-likeness (QED) is 0.323. The van der Waals surface area contributed by atoms with Crippen LogP contribution in [0.4, 0.5) is 5.82 Å². The van der Waals surface area contributed by atoms with E-state index in [2.05, 4.69) is 49.6 Å². The van der Waals surface area contributed by atoms with Crippen LogP contribution in [-0.4, -0.2) is 42.6 Å². The average molecular weight is 529 g/mol.